The molecule has 0 saturated carbocycles. The zero-order valence-electron chi connectivity index (χ0n) is 12.3. The summed E-state index contributed by atoms with van der Waals surface area (Å²) in [5, 5.41) is 2.64. The van der Waals surface area contributed by atoms with Crippen molar-refractivity contribution in [3.05, 3.63) is 54.4 Å². The van der Waals surface area contributed by atoms with Gasteiger partial charge in [-0.25, -0.2) is 0 Å². The molecule has 0 aliphatic rings. The third-order valence-corrected chi connectivity index (χ3v) is 3.14. The van der Waals surface area contributed by atoms with Crippen LogP contribution in [0.15, 0.2) is 48.8 Å². The second-order valence-corrected chi connectivity index (χ2v) is 5.01. The maximum absolute atomic E-state index is 12.1. The molecular formula is C16H15F3N2O2. The minimum Gasteiger partial charge on any atom is -0.406 e. The van der Waals surface area contributed by atoms with Crippen LogP contribution in [0.5, 0.6) is 5.75 Å². The molecular weight excluding hydrogens is 309 g/mol. The van der Waals surface area contributed by atoms with Crippen LogP contribution in [0.4, 0.5) is 18.9 Å². The van der Waals surface area contributed by atoms with Gasteiger partial charge in [-0.1, -0.05) is 6.92 Å². The summed E-state index contributed by atoms with van der Waals surface area (Å²) in [6.45, 7) is 1.91. The van der Waals surface area contributed by atoms with E-state index >= 15 is 0 Å². The highest BCUT2D eigenvalue weighted by molar-refractivity contribution is 5.91. The van der Waals surface area contributed by atoms with Crippen molar-refractivity contribution in [3.63, 3.8) is 0 Å². The number of benzene rings is 1. The molecule has 1 amide bonds. The lowest BCUT2D eigenvalue weighted by molar-refractivity contribution is -0.274. The van der Waals surface area contributed by atoms with Crippen molar-refractivity contribution >= 4 is 11.6 Å². The Bertz CT molecular complexity index is 643. The first kappa shape index (κ1) is 16.8. The Morgan fingerprint density at radius 2 is 1.78 bits per heavy atom. The molecule has 0 bridgehead atoms. The Labute approximate surface area is 131 Å². The van der Waals surface area contributed by atoms with E-state index in [0.29, 0.717) is 5.69 Å². The minimum absolute atomic E-state index is 0.00540. The zero-order chi connectivity index (χ0) is 16.9. The third kappa shape index (κ3) is 5.61. The van der Waals surface area contributed by atoms with E-state index in [4.69, 9.17) is 0 Å². The van der Waals surface area contributed by atoms with E-state index in [-0.39, 0.29) is 24.0 Å². The summed E-state index contributed by atoms with van der Waals surface area (Å²) >= 11 is 0. The maximum atomic E-state index is 12.1. The molecule has 4 nitrogen and oxygen atoms in total. The highest BCUT2D eigenvalue weighted by Gasteiger charge is 2.30. The molecule has 2 aromatic rings. The van der Waals surface area contributed by atoms with Crippen molar-refractivity contribution in [3.8, 4) is 5.75 Å². The average molecular weight is 324 g/mol. The fraction of sp³-hybridized carbons (Fsp3) is 0.250. The van der Waals surface area contributed by atoms with Crippen molar-refractivity contribution in [1.29, 1.82) is 0 Å². The van der Waals surface area contributed by atoms with Gasteiger partial charge < -0.3 is 10.1 Å². The number of aromatic nitrogens is 1. The lowest BCUT2D eigenvalue weighted by Crippen LogP contribution is -2.17. The second kappa shape index (κ2) is 7.13. The summed E-state index contributed by atoms with van der Waals surface area (Å²) in [4.78, 5) is 15.9. The lowest BCUT2D eigenvalue weighted by Gasteiger charge is -2.12. The quantitative estimate of drug-likeness (QED) is 0.900. The van der Waals surface area contributed by atoms with Gasteiger partial charge >= 0.3 is 6.36 Å². The number of carbonyl (C=O) groups excluding carboxylic acids is 1. The van der Waals surface area contributed by atoms with Gasteiger partial charge in [0.2, 0.25) is 5.91 Å². The van der Waals surface area contributed by atoms with E-state index in [9.17, 15) is 18.0 Å². The number of halogens is 3. The Morgan fingerprint density at radius 1 is 1.17 bits per heavy atom. The third-order valence-electron chi connectivity index (χ3n) is 3.14. The standard InChI is InChI=1S/C16H15F3N2O2/c1-11(12-6-8-20-9-7-12)10-15(22)21-13-2-4-14(5-3-13)23-16(17,18)19/h2-9,11H,10H2,1H3,(H,21,22)/t11-/m0/s1. The van der Waals surface area contributed by atoms with Crippen LogP contribution in [0.25, 0.3) is 0 Å². The Morgan fingerprint density at radius 3 is 2.35 bits per heavy atom. The summed E-state index contributed by atoms with van der Waals surface area (Å²) < 4.78 is 39.9. The van der Waals surface area contributed by atoms with Gasteiger partial charge in [-0.05, 0) is 47.9 Å². The molecule has 1 N–H and O–H groups in total. The number of pyridine rings is 1. The van der Waals surface area contributed by atoms with E-state index < -0.39 is 6.36 Å². The SMILES string of the molecule is C[C@@H](CC(=O)Nc1ccc(OC(F)(F)F)cc1)c1ccncc1. The largest absolute Gasteiger partial charge is 0.573 e. The predicted octanol–water partition coefficient (Wildman–Crippen LogP) is 4.11. The van der Waals surface area contributed by atoms with E-state index in [1.807, 2.05) is 19.1 Å². The summed E-state index contributed by atoms with van der Waals surface area (Å²) in [6.07, 6.45) is -1.16. The molecule has 7 heteroatoms. The molecule has 23 heavy (non-hydrogen) atoms. The van der Waals surface area contributed by atoms with Gasteiger partial charge in [0, 0.05) is 24.5 Å². The summed E-state index contributed by atoms with van der Waals surface area (Å²) in [5.74, 6) is -0.551. The maximum Gasteiger partial charge on any atom is 0.573 e. The Hall–Kier alpha value is -2.57. The molecule has 1 aromatic carbocycles. The van der Waals surface area contributed by atoms with Crippen molar-refractivity contribution in [2.24, 2.45) is 0 Å². The van der Waals surface area contributed by atoms with Gasteiger partial charge in [-0.2, -0.15) is 0 Å². The number of nitrogens with one attached hydrogen (secondary N) is 1. The first-order valence-corrected chi connectivity index (χ1v) is 6.89. The Kier molecular flexibility index (Phi) is 5.20. The van der Waals surface area contributed by atoms with Crippen molar-refractivity contribution in [1.82, 2.24) is 4.98 Å². The number of amides is 1. The number of carbonyl (C=O) groups is 1. The molecule has 2 rings (SSSR count). The number of ether oxygens (including phenoxy) is 1. The van der Waals surface area contributed by atoms with Crippen LogP contribution >= 0.6 is 0 Å². The normalized spacial score (nSPS) is 12.5. The van der Waals surface area contributed by atoms with E-state index in [1.165, 1.54) is 12.1 Å². The number of anilines is 1. The fourth-order valence-electron chi connectivity index (χ4n) is 2.04. The predicted molar refractivity (Wildman–Crippen MR) is 79.0 cm³/mol. The first-order chi connectivity index (χ1) is 10.8. The molecule has 122 valence electrons. The summed E-state index contributed by atoms with van der Waals surface area (Å²) in [5.41, 5.74) is 1.40. The minimum atomic E-state index is -4.73. The molecule has 0 aliphatic carbocycles. The molecule has 0 aliphatic heterocycles. The van der Waals surface area contributed by atoms with Gasteiger partial charge in [-0.15, -0.1) is 13.2 Å². The van der Waals surface area contributed by atoms with Crippen LogP contribution in [0.1, 0.15) is 24.8 Å². The molecule has 0 fully saturated rings. The van der Waals surface area contributed by atoms with Gasteiger partial charge in [0.1, 0.15) is 5.75 Å². The van der Waals surface area contributed by atoms with E-state index in [2.05, 4.69) is 15.0 Å². The highest BCUT2D eigenvalue weighted by atomic mass is 19.4. The van der Waals surface area contributed by atoms with Crippen molar-refractivity contribution < 1.29 is 22.7 Å². The van der Waals surface area contributed by atoms with Crippen LogP contribution in [0, 0.1) is 0 Å². The molecule has 0 spiro atoms. The van der Waals surface area contributed by atoms with Crippen LogP contribution in [0.2, 0.25) is 0 Å². The second-order valence-electron chi connectivity index (χ2n) is 5.01. The Balaban J connectivity index is 1.90. The van der Waals surface area contributed by atoms with Gasteiger partial charge in [0.25, 0.3) is 0 Å². The molecule has 0 radical (unpaired) electrons. The van der Waals surface area contributed by atoms with Gasteiger partial charge in [0.15, 0.2) is 0 Å². The van der Waals surface area contributed by atoms with Crippen LogP contribution in [0.3, 0.4) is 0 Å². The number of hydrogen-bond donors (Lipinski definition) is 1. The monoisotopic (exact) mass is 324 g/mol. The van der Waals surface area contributed by atoms with Crippen LogP contribution < -0.4 is 10.1 Å². The first-order valence-electron chi connectivity index (χ1n) is 6.89. The number of rotatable bonds is 5. The molecule has 0 saturated heterocycles. The van der Waals surface area contributed by atoms with Crippen molar-refractivity contribution in [2.75, 3.05) is 5.32 Å². The number of alkyl halides is 3. The van der Waals surface area contributed by atoms with E-state index in [1.54, 1.807) is 12.4 Å². The van der Waals surface area contributed by atoms with Crippen LogP contribution in [-0.4, -0.2) is 17.3 Å². The van der Waals surface area contributed by atoms with Gasteiger partial charge in [-0.3, -0.25) is 9.78 Å². The number of nitrogens with zero attached hydrogens (tertiary/aromatic N) is 1. The smallest absolute Gasteiger partial charge is 0.406 e. The van der Waals surface area contributed by atoms with Gasteiger partial charge in [0.05, 0.1) is 0 Å². The molecule has 1 heterocycles. The lowest BCUT2D eigenvalue weighted by atomic mass is 9.99. The topological polar surface area (TPSA) is 51.2 Å². The molecule has 0 unspecified atom stereocenters. The fourth-order valence-corrected chi connectivity index (χ4v) is 2.04. The number of hydrogen-bond acceptors (Lipinski definition) is 3. The summed E-state index contributed by atoms with van der Waals surface area (Å²) in [7, 11) is 0. The highest BCUT2D eigenvalue weighted by Crippen LogP contribution is 2.24. The van der Waals surface area contributed by atoms with Crippen molar-refractivity contribution in [2.45, 2.75) is 25.6 Å². The zero-order valence-corrected chi connectivity index (χ0v) is 12.3. The average Bonchev–Trinajstić information content (AvgIpc) is 2.48. The van der Waals surface area contributed by atoms with E-state index in [0.717, 1.165) is 17.7 Å². The summed E-state index contributed by atoms with van der Waals surface area (Å²) in [6, 6.07) is 8.68. The van der Waals surface area contributed by atoms with Crippen LogP contribution in [-0.2, 0) is 4.79 Å². The molecule has 1 aromatic heterocycles. The molecule has 1 atom stereocenters.